The number of hydrogen-bond donors (Lipinski definition) is 0. The number of piperidine rings is 1. The topological polar surface area (TPSA) is 46.6 Å². The van der Waals surface area contributed by atoms with Crippen molar-refractivity contribution in [3.63, 3.8) is 0 Å². The van der Waals surface area contributed by atoms with E-state index in [9.17, 15) is 9.59 Å². The summed E-state index contributed by atoms with van der Waals surface area (Å²) < 4.78 is 4.90. The van der Waals surface area contributed by atoms with Crippen molar-refractivity contribution in [1.82, 2.24) is 4.90 Å². The lowest BCUT2D eigenvalue weighted by Gasteiger charge is -2.34. The van der Waals surface area contributed by atoms with Gasteiger partial charge in [-0.1, -0.05) is 0 Å². The number of likely N-dealkylation sites (tertiary alicyclic amines) is 1. The molecular weight excluding hydrogens is 194 g/mol. The first-order chi connectivity index (χ1) is 7.15. The molecule has 4 heteroatoms. The molecule has 0 aliphatic carbocycles. The van der Waals surface area contributed by atoms with E-state index in [0.29, 0.717) is 13.0 Å². The Morgan fingerprint density at radius 3 is 2.73 bits per heavy atom. The monoisotopic (exact) mass is 213 g/mol. The zero-order valence-corrected chi connectivity index (χ0v) is 9.49. The molecule has 1 unspecified atom stereocenters. The normalized spacial score (nSPS) is 21.2. The van der Waals surface area contributed by atoms with Gasteiger partial charge in [0, 0.05) is 19.5 Å². The van der Waals surface area contributed by atoms with Gasteiger partial charge in [-0.05, 0) is 26.2 Å². The molecule has 1 saturated heterocycles. The summed E-state index contributed by atoms with van der Waals surface area (Å²) in [5.74, 6) is -0.139. The van der Waals surface area contributed by atoms with Crippen molar-refractivity contribution in [3.05, 3.63) is 0 Å². The Morgan fingerprint density at radius 1 is 1.40 bits per heavy atom. The number of hydrogen-bond acceptors (Lipinski definition) is 3. The molecule has 4 nitrogen and oxygen atoms in total. The largest absolute Gasteiger partial charge is 0.466 e. The second-order valence-corrected chi connectivity index (χ2v) is 3.87. The van der Waals surface area contributed by atoms with E-state index < -0.39 is 0 Å². The fourth-order valence-corrected chi connectivity index (χ4v) is 2.04. The third-order valence-corrected chi connectivity index (χ3v) is 2.74. The molecule has 15 heavy (non-hydrogen) atoms. The summed E-state index contributed by atoms with van der Waals surface area (Å²) in [7, 11) is 0. The molecule has 0 N–H and O–H groups in total. The van der Waals surface area contributed by atoms with Crippen LogP contribution in [-0.2, 0) is 14.3 Å². The van der Waals surface area contributed by atoms with E-state index in [1.165, 1.54) is 0 Å². The van der Waals surface area contributed by atoms with Crippen molar-refractivity contribution in [2.75, 3.05) is 13.2 Å². The highest BCUT2D eigenvalue weighted by molar-refractivity contribution is 5.75. The van der Waals surface area contributed by atoms with Crippen LogP contribution in [0, 0.1) is 0 Å². The molecule has 0 aromatic carbocycles. The molecule has 0 spiro atoms. The van der Waals surface area contributed by atoms with E-state index in [2.05, 4.69) is 0 Å². The average molecular weight is 213 g/mol. The Labute approximate surface area is 90.6 Å². The first kappa shape index (κ1) is 12.0. The SMILES string of the molecule is CCOC(=O)CC1CCCCN1C(C)=O. The first-order valence-electron chi connectivity index (χ1n) is 5.58. The van der Waals surface area contributed by atoms with Crippen molar-refractivity contribution >= 4 is 11.9 Å². The van der Waals surface area contributed by atoms with Crippen LogP contribution >= 0.6 is 0 Å². The zero-order chi connectivity index (χ0) is 11.3. The third kappa shape index (κ3) is 3.53. The van der Waals surface area contributed by atoms with Crippen molar-refractivity contribution in [2.24, 2.45) is 0 Å². The Balaban J connectivity index is 2.49. The quantitative estimate of drug-likeness (QED) is 0.665. The predicted molar refractivity (Wildman–Crippen MR) is 56.3 cm³/mol. The van der Waals surface area contributed by atoms with Crippen LogP contribution in [0.4, 0.5) is 0 Å². The zero-order valence-electron chi connectivity index (χ0n) is 9.49. The number of nitrogens with zero attached hydrogens (tertiary/aromatic N) is 1. The summed E-state index contributed by atoms with van der Waals surface area (Å²) in [6.07, 6.45) is 3.39. The number of carbonyl (C=O) groups excluding carboxylic acids is 2. The fourth-order valence-electron chi connectivity index (χ4n) is 2.04. The average Bonchev–Trinajstić information content (AvgIpc) is 2.18. The van der Waals surface area contributed by atoms with E-state index in [-0.39, 0.29) is 17.9 Å². The van der Waals surface area contributed by atoms with Crippen LogP contribution in [0.3, 0.4) is 0 Å². The standard InChI is InChI=1S/C11H19NO3/c1-3-15-11(14)8-10-6-4-5-7-12(10)9(2)13/h10H,3-8H2,1-2H3. The van der Waals surface area contributed by atoms with Gasteiger partial charge in [0.15, 0.2) is 0 Å². The maximum Gasteiger partial charge on any atom is 0.307 e. The summed E-state index contributed by atoms with van der Waals surface area (Å²) in [5, 5.41) is 0. The lowest BCUT2D eigenvalue weighted by molar-refractivity contribution is -0.146. The number of esters is 1. The van der Waals surface area contributed by atoms with Crippen LogP contribution in [0.1, 0.15) is 39.5 Å². The minimum absolute atomic E-state index is 0.0512. The van der Waals surface area contributed by atoms with Crippen LogP contribution in [0.15, 0.2) is 0 Å². The molecule has 1 rings (SSSR count). The molecule has 86 valence electrons. The highest BCUT2D eigenvalue weighted by Crippen LogP contribution is 2.20. The maximum atomic E-state index is 11.3. The van der Waals surface area contributed by atoms with Crippen molar-refractivity contribution in [1.29, 1.82) is 0 Å². The van der Waals surface area contributed by atoms with Gasteiger partial charge in [0.05, 0.1) is 13.0 Å². The fraction of sp³-hybridized carbons (Fsp3) is 0.818. The molecule has 1 amide bonds. The maximum absolute atomic E-state index is 11.3. The second kappa shape index (κ2) is 5.73. The Hall–Kier alpha value is -1.06. The van der Waals surface area contributed by atoms with Gasteiger partial charge in [-0.2, -0.15) is 0 Å². The minimum atomic E-state index is -0.198. The molecule has 1 heterocycles. The molecule has 0 saturated carbocycles. The first-order valence-corrected chi connectivity index (χ1v) is 5.58. The van der Waals surface area contributed by atoms with Gasteiger partial charge >= 0.3 is 5.97 Å². The number of amides is 1. The summed E-state index contributed by atoms with van der Waals surface area (Å²) in [6.45, 7) is 4.54. The molecule has 0 radical (unpaired) electrons. The van der Waals surface area contributed by atoms with Gasteiger partial charge in [0.1, 0.15) is 0 Å². The van der Waals surface area contributed by atoms with Crippen LogP contribution in [-0.4, -0.2) is 36.0 Å². The van der Waals surface area contributed by atoms with Gasteiger partial charge in [0.2, 0.25) is 5.91 Å². The van der Waals surface area contributed by atoms with E-state index in [1.807, 2.05) is 0 Å². The Morgan fingerprint density at radius 2 is 2.13 bits per heavy atom. The van der Waals surface area contributed by atoms with Crippen molar-refractivity contribution < 1.29 is 14.3 Å². The van der Waals surface area contributed by atoms with E-state index in [0.717, 1.165) is 25.8 Å². The molecule has 1 aliphatic rings. The Bertz CT molecular complexity index is 240. The molecule has 0 bridgehead atoms. The smallest absolute Gasteiger partial charge is 0.307 e. The van der Waals surface area contributed by atoms with Crippen molar-refractivity contribution in [2.45, 2.75) is 45.6 Å². The van der Waals surface area contributed by atoms with E-state index >= 15 is 0 Å². The highest BCUT2D eigenvalue weighted by atomic mass is 16.5. The second-order valence-electron chi connectivity index (χ2n) is 3.87. The Kier molecular flexibility index (Phi) is 4.59. The number of carbonyl (C=O) groups is 2. The third-order valence-electron chi connectivity index (χ3n) is 2.74. The molecular formula is C11H19NO3. The van der Waals surface area contributed by atoms with Gasteiger partial charge in [-0.25, -0.2) is 0 Å². The molecule has 1 fully saturated rings. The summed E-state index contributed by atoms with van der Waals surface area (Å²) in [6, 6.07) is 0.0512. The lowest BCUT2D eigenvalue weighted by Crippen LogP contribution is -2.43. The van der Waals surface area contributed by atoms with E-state index in [4.69, 9.17) is 4.74 Å². The molecule has 1 atom stereocenters. The van der Waals surface area contributed by atoms with Crippen LogP contribution in [0.2, 0.25) is 0 Å². The predicted octanol–water partition coefficient (Wildman–Crippen LogP) is 1.34. The summed E-state index contributed by atoms with van der Waals surface area (Å²) in [4.78, 5) is 24.4. The van der Waals surface area contributed by atoms with Gasteiger partial charge < -0.3 is 9.64 Å². The van der Waals surface area contributed by atoms with Gasteiger partial charge in [0.25, 0.3) is 0 Å². The molecule has 0 aromatic heterocycles. The van der Waals surface area contributed by atoms with Gasteiger partial charge in [-0.15, -0.1) is 0 Å². The minimum Gasteiger partial charge on any atom is -0.466 e. The lowest BCUT2D eigenvalue weighted by atomic mass is 9.99. The van der Waals surface area contributed by atoms with Crippen LogP contribution < -0.4 is 0 Å². The molecule has 0 aromatic rings. The number of rotatable bonds is 3. The number of ether oxygens (including phenoxy) is 1. The van der Waals surface area contributed by atoms with E-state index in [1.54, 1.807) is 18.7 Å². The molecule has 1 aliphatic heterocycles. The van der Waals surface area contributed by atoms with Gasteiger partial charge in [-0.3, -0.25) is 9.59 Å². The summed E-state index contributed by atoms with van der Waals surface area (Å²) >= 11 is 0. The van der Waals surface area contributed by atoms with Crippen LogP contribution in [0.25, 0.3) is 0 Å². The highest BCUT2D eigenvalue weighted by Gasteiger charge is 2.26. The van der Waals surface area contributed by atoms with Crippen LogP contribution in [0.5, 0.6) is 0 Å². The summed E-state index contributed by atoms with van der Waals surface area (Å²) in [5.41, 5.74) is 0. The van der Waals surface area contributed by atoms with Crippen molar-refractivity contribution in [3.8, 4) is 0 Å².